The molecule has 1 atom stereocenters. The van der Waals surface area contributed by atoms with Crippen LogP contribution in [0.25, 0.3) is 0 Å². The molecule has 3 amide bonds. The zero-order valence-electron chi connectivity index (χ0n) is 15.1. The van der Waals surface area contributed by atoms with Crippen molar-refractivity contribution < 1.29 is 19.1 Å². The maximum atomic E-state index is 12.9. The molecule has 0 bridgehead atoms. The zero-order chi connectivity index (χ0) is 18.3. The van der Waals surface area contributed by atoms with Crippen LogP contribution in [0.1, 0.15) is 28.8 Å². The Morgan fingerprint density at radius 2 is 1.89 bits per heavy atom. The van der Waals surface area contributed by atoms with Crippen LogP contribution in [0.2, 0.25) is 0 Å². The number of hydrogen-bond acceptors (Lipinski definition) is 6. The van der Waals surface area contributed by atoms with Gasteiger partial charge < -0.3 is 19.9 Å². The molecule has 2 N–H and O–H groups in total. The number of carbonyl (C=O) groups is 3. The molecule has 3 aliphatic heterocycles. The second kappa shape index (κ2) is 7.74. The van der Waals surface area contributed by atoms with Crippen LogP contribution >= 0.6 is 12.4 Å². The van der Waals surface area contributed by atoms with Crippen LogP contribution in [0, 0.1) is 0 Å². The van der Waals surface area contributed by atoms with E-state index in [1.165, 1.54) is 0 Å². The standard InChI is InChI=1S/C18H22N4O4.ClH/c1-26-16-12-10-22(14-4-5-15(23)20-17(14)24)18(25)11(12)2-3-13(16)21-8-6-19-7-9-21;/h2-3,14,19H,4-10H2,1H3,(H,20,23,24);1H. The van der Waals surface area contributed by atoms with Crippen LogP contribution in [-0.2, 0) is 16.1 Å². The molecule has 1 unspecified atom stereocenters. The fourth-order valence-electron chi connectivity index (χ4n) is 3.98. The quantitative estimate of drug-likeness (QED) is 0.716. The Kier molecular flexibility index (Phi) is 5.57. The first kappa shape index (κ1) is 19.4. The van der Waals surface area contributed by atoms with Crippen molar-refractivity contribution in [2.75, 3.05) is 38.2 Å². The first-order valence-corrected chi connectivity index (χ1v) is 8.90. The molecule has 27 heavy (non-hydrogen) atoms. The van der Waals surface area contributed by atoms with E-state index in [0.29, 0.717) is 24.3 Å². The highest BCUT2D eigenvalue weighted by Gasteiger charge is 2.40. The van der Waals surface area contributed by atoms with E-state index in [4.69, 9.17) is 4.74 Å². The van der Waals surface area contributed by atoms with Gasteiger partial charge in [0.25, 0.3) is 5.91 Å². The lowest BCUT2D eigenvalue weighted by Gasteiger charge is -2.31. The van der Waals surface area contributed by atoms with E-state index in [1.807, 2.05) is 12.1 Å². The van der Waals surface area contributed by atoms with Crippen molar-refractivity contribution in [2.24, 2.45) is 0 Å². The number of methoxy groups -OCH3 is 1. The lowest BCUT2D eigenvalue weighted by molar-refractivity contribution is -0.136. The zero-order valence-corrected chi connectivity index (χ0v) is 15.9. The minimum Gasteiger partial charge on any atom is -0.494 e. The van der Waals surface area contributed by atoms with Gasteiger partial charge in [0.2, 0.25) is 11.8 Å². The van der Waals surface area contributed by atoms with E-state index in [9.17, 15) is 14.4 Å². The number of rotatable bonds is 3. The molecule has 0 saturated carbocycles. The summed E-state index contributed by atoms with van der Waals surface area (Å²) >= 11 is 0. The van der Waals surface area contributed by atoms with Gasteiger partial charge in [0, 0.05) is 43.7 Å². The minimum atomic E-state index is -0.611. The van der Waals surface area contributed by atoms with Crippen molar-refractivity contribution in [3.05, 3.63) is 23.3 Å². The van der Waals surface area contributed by atoms with Crippen LogP contribution in [0.15, 0.2) is 12.1 Å². The Morgan fingerprint density at radius 1 is 1.15 bits per heavy atom. The average Bonchev–Trinajstić information content (AvgIpc) is 2.98. The van der Waals surface area contributed by atoms with Gasteiger partial charge in [-0.15, -0.1) is 12.4 Å². The highest BCUT2D eigenvalue weighted by molar-refractivity contribution is 6.06. The summed E-state index contributed by atoms with van der Waals surface area (Å²) in [5, 5.41) is 5.65. The number of amides is 3. The van der Waals surface area contributed by atoms with E-state index < -0.39 is 11.9 Å². The number of ether oxygens (including phenoxy) is 1. The molecular weight excluding hydrogens is 372 g/mol. The van der Waals surface area contributed by atoms with Crippen LogP contribution in [0.5, 0.6) is 5.75 Å². The van der Waals surface area contributed by atoms with Gasteiger partial charge in [-0.25, -0.2) is 0 Å². The molecule has 3 aliphatic rings. The van der Waals surface area contributed by atoms with Gasteiger partial charge in [-0.2, -0.15) is 0 Å². The molecule has 0 radical (unpaired) electrons. The smallest absolute Gasteiger partial charge is 0.255 e. The van der Waals surface area contributed by atoms with Gasteiger partial charge in [0.05, 0.1) is 19.3 Å². The van der Waals surface area contributed by atoms with Gasteiger partial charge in [-0.05, 0) is 18.6 Å². The Balaban J connectivity index is 0.00000210. The van der Waals surface area contributed by atoms with Crippen LogP contribution in [0.3, 0.4) is 0 Å². The topological polar surface area (TPSA) is 91.0 Å². The number of carbonyl (C=O) groups excluding carboxylic acids is 3. The summed E-state index contributed by atoms with van der Waals surface area (Å²) in [6, 6.07) is 3.14. The molecule has 3 heterocycles. The Labute approximate surface area is 163 Å². The van der Waals surface area contributed by atoms with Gasteiger partial charge in [-0.1, -0.05) is 0 Å². The van der Waals surface area contributed by atoms with Gasteiger partial charge in [0.1, 0.15) is 11.8 Å². The number of imide groups is 1. The number of nitrogens with one attached hydrogen (secondary N) is 2. The Morgan fingerprint density at radius 3 is 2.56 bits per heavy atom. The number of nitrogens with zero attached hydrogens (tertiary/aromatic N) is 2. The summed E-state index contributed by atoms with van der Waals surface area (Å²) in [6.45, 7) is 3.88. The molecule has 9 heteroatoms. The molecular formula is C18H23ClN4O4. The Hall–Kier alpha value is -2.32. The predicted octanol–water partition coefficient (Wildman–Crippen LogP) is 0.288. The maximum Gasteiger partial charge on any atom is 0.255 e. The van der Waals surface area contributed by atoms with Gasteiger partial charge >= 0.3 is 0 Å². The lowest BCUT2D eigenvalue weighted by atomic mass is 10.0. The van der Waals surface area contributed by atoms with Crippen molar-refractivity contribution in [2.45, 2.75) is 25.4 Å². The summed E-state index contributed by atoms with van der Waals surface area (Å²) in [4.78, 5) is 40.2. The maximum absolute atomic E-state index is 12.9. The van der Waals surface area contributed by atoms with Crippen LogP contribution in [0.4, 0.5) is 5.69 Å². The number of benzene rings is 1. The number of piperazine rings is 1. The molecule has 0 aromatic heterocycles. The minimum absolute atomic E-state index is 0. The predicted molar refractivity (Wildman–Crippen MR) is 101 cm³/mol. The van der Waals surface area contributed by atoms with Crippen molar-refractivity contribution in [3.63, 3.8) is 0 Å². The molecule has 2 saturated heterocycles. The van der Waals surface area contributed by atoms with Crippen molar-refractivity contribution >= 4 is 35.8 Å². The van der Waals surface area contributed by atoms with Gasteiger partial charge in [0.15, 0.2) is 0 Å². The third-order valence-electron chi connectivity index (χ3n) is 5.31. The summed E-state index contributed by atoms with van der Waals surface area (Å²) in [5.74, 6) is -0.162. The number of halogens is 1. The lowest BCUT2D eigenvalue weighted by Crippen LogP contribution is -2.52. The molecule has 2 fully saturated rings. The number of anilines is 1. The van der Waals surface area contributed by atoms with E-state index in [-0.39, 0.29) is 30.6 Å². The molecule has 0 aliphatic carbocycles. The highest BCUT2D eigenvalue weighted by Crippen LogP contribution is 2.40. The monoisotopic (exact) mass is 394 g/mol. The second-order valence-electron chi connectivity index (χ2n) is 6.78. The summed E-state index contributed by atoms with van der Waals surface area (Å²) in [7, 11) is 1.61. The third kappa shape index (κ3) is 3.35. The molecule has 1 aromatic rings. The molecule has 1 aromatic carbocycles. The van der Waals surface area contributed by atoms with Crippen molar-refractivity contribution in [1.29, 1.82) is 0 Å². The SMILES string of the molecule is COc1c(N2CCNCC2)ccc2c1CN(C1CCC(=O)NC1=O)C2=O.Cl. The number of hydrogen-bond donors (Lipinski definition) is 2. The summed E-state index contributed by atoms with van der Waals surface area (Å²) in [6.07, 6.45) is 0.608. The second-order valence-corrected chi connectivity index (χ2v) is 6.78. The fourth-order valence-corrected chi connectivity index (χ4v) is 3.98. The van der Waals surface area contributed by atoms with Gasteiger partial charge in [-0.3, -0.25) is 19.7 Å². The van der Waals surface area contributed by atoms with Crippen molar-refractivity contribution in [3.8, 4) is 5.75 Å². The van der Waals surface area contributed by atoms with E-state index >= 15 is 0 Å². The molecule has 0 spiro atoms. The van der Waals surface area contributed by atoms with Crippen LogP contribution < -0.4 is 20.3 Å². The van der Waals surface area contributed by atoms with E-state index in [2.05, 4.69) is 15.5 Å². The van der Waals surface area contributed by atoms with E-state index in [0.717, 1.165) is 37.4 Å². The highest BCUT2D eigenvalue weighted by atomic mass is 35.5. The largest absolute Gasteiger partial charge is 0.494 e. The van der Waals surface area contributed by atoms with Crippen LogP contribution in [-0.4, -0.2) is 62.0 Å². The molecule has 8 nitrogen and oxygen atoms in total. The normalized spacial score (nSPS) is 22.3. The number of piperidine rings is 1. The van der Waals surface area contributed by atoms with Crippen molar-refractivity contribution in [1.82, 2.24) is 15.5 Å². The first-order valence-electron chi connectivity index (χ1n) is 8.90. The number of fused-ring (bicyclic) bond motifs is 1. The average molecular weight is 395 g/mol. The molecule has 4 rings (SSSR count). The summed E-state index contributed by atoms with van der Waals surface area (Å²) < 4.78 is 5.67. The molecule has 146 valence electrons. The summed E-state index contributed by atoms with van der Waals surface area (Å²) in [5.41, 5.74) is 2.37. The Bertz CT molecular complexity index is 779. The third-order valence-corrected chi connectivity index (χ3v) is 5.31. The van der Waals surface area contributed by atoms with E-state index in [1.54, 1.807) is 12.0 Å². The fraction of sp³-hybridized carbons (Fsp3) is 0.500. The first-order chi connectivity index (χ1) is 12.6.